The molecule has 1 fully saturated rings. The first-order valence-electron chi connectivity index (χ1n) is 9.09. The summed E-state index contributed by atoms with van der Waals surface area (Å²) in [5.74, 6) is -0.255. The molecular weight excluding hydrogens is 420 g/mol. The number of benzene rings is 1. The molecule has 1 aliphatic rings. The van der Waals surface area contributed by atoms with E-state index >= 15 is 0 Å². The third-order valence-electron chi connectivity index (χ3n) is 4.51. The number of aromatic nitrogens is 1. The van der Waals surface area contributed by atoms with Crippen LogP contribution in [0.25, 0.3) is 17.4 Å². The number of thioether (sulfide) groups is 1. The van der Waals surface area contributed by atoms with E-state index < -0.39 is 5.97 Å². The van der Waals surface area contributed by atoms with Gasteiger partial charge in [0.2, 0.25) is 0 Å². The van der Waals surface area contributed by atoms with Crippen LogP contribution >= 0.6 is 24.0 Å². The van der Waals surface area contributed by atoms with E-state index in [9.17, 15) is 9.59 Å². The SMILES string of the molecule is O=C(O)c1cncc(-c2ccc(/C=C3\SC(=S)N(CCc4ccccc4)C3=O)o2)c1. The van der Waals surface area contributed by atoms with Gasteiger partial charge >= 0.3 is 5.97 Å². The molecule has 0 spiro atoms. The molecule has 1 aromatic carbocycles. The Bertz CT molecular complexity index is 1150. The molecule has 150 valence electrons. The van der Waals surface area contributed by atoms with Crippen LogP contribution in [0.2, 0.25) is 0 Å². The Morgan fingerprint density at radius 2 is 2.00 bits per heavy atom. The third kappa shape index (κ3) is 4.34. The van der Waals surface area contributed by atoms with Gasteiger partial charge in [-0.2, -0.15) is 0 Å². The van der Waals surface area contributed by atoms with Crippen molar-refractivity contribution in [3.05, 3.63) is 82.7 Å². The third-order valence-corrected chi connectivity index (χ3v) is 5.89. The van der Waals surface area contributed by atoms with Crippen molar-refractivity contribution < 1.29 is 19.1 Å². The van der Waals surface area contributed by atoms with Crippen molar-refractivity contribution >= 4 is 46.3 Å². The van der Waals surface area contributed by atoms with E-state index in [2.05, 4.69) is 4.98 Å². The summed E-state index contributed by atoms with van der Waals surface area (Å²) in [6.45, 7) is 0.517. The molecule has 1 N–H and O–H groups in total. The summed E-state index contributed by atoms with van der Waals surface area (Å²) in [4.78, 5) is 29.9. The summed E-state index contributed by atoms with van der Waals surface area (Å²) in [6.07, 6.45) is 5.17. The summed E-state index contributed by atoms with van der Waals surface area (Å²) < 4.78 is 6.30. The molecule has 2 aromatic heterocycles. The highest BCUT2D eigenvalue weighted by Gasteiger charge is 2.31. The topological polar surface area (TPSA) is 83.6 Å². The van der Waals surface area contributed by atoms with Crippen LogP contribution in [0.3, 0.4) is 0 Å². The number of hydrogen-bond donors (Lipinski definition) is 1. The number of carbonyl (C=O) groups is 2. The van der Waals surface area contributed by atoms with Gasteiger partial charge in [0.25, 0.3) is 5.91 Å². The second-order valence-corrected chi connectivity index (χ2v) is 8.21. The normalized spacial score (nSPS) is 15.2. The van der Waals surface area contributed by atoms with Crippen molar-refractivity contribution in [3.8, 4) is 11.3 Å². The Hall–Kier alpha value is -3.23. The van der Waals surface area contributed by atoms with Gasteiger partial charge in [-0.25, -0.2) is 4.79 Å². The van der Waals surface area contributed by atoms with Gasteiger partial charge < -0.3 is 9.52 Å². The van der Waals surface area contributed by atoms with E-state index in [4.69, 9.17) is 21.7 Å². The fourth-order valence-corrected chi connectivity index (χ4v) is 4.27. The van der Waals surface area contributed by atoms with Crippen molar-refractivity contribution in [2.45, 2.75) is 6.42 Å². The maximum Gasteiger partial charge on any atom is 0.337 e. The van der Waals surface area contributed by atoms with Gasteiger partial charge in [0.15, 0.2) is 0 Å². The molecule has 0 atom stereocenters. The minimum Gasteiger partial charge on any atom is -0.478 e. The molecule has 1 amide bonds. The molecule has 1 saturated heterocycles. The Morgan fingerprint density at radius 1 is 1.20 bits per heavy atom. The average Bonchev–Trinajstić information content (AvgIpc) is 3.32. The minimum absolute atomic E-state index is 0.0738. The van der Waals surface area contributed by atoms with Gasteiger partial charge in [0.05, 0.1) is 10.5 Å². The van der Waals surface area contributed by atoms with Gasteiger partial charge in [-0.15, -0.1) is 0 Å². The Labute approximate surface area is 182 Å². The number of nitrogens with zero attached hydrogens (tertiary/aromatic N) is 2. The van der Waals surface area contributed by atoms with Crippen molar-refractivity contribution in [3.63, 3.8) is 0 Å². The maximum absolute atomic E-state index is 12.8. The number of rotatable bonds is 6. The number of carboxylic acid groups (broad SMARTS) is 1. The first kappa shape index (κ1) is 20.1. The summed E-state index contributed by atoms with van der Waals surface area (Å²) in [6, 6.07) is 14.9. The van der Waals surface area contributed by atoms with E-state index in [0.29, 0.717) is 32.9 Å². The number of furan rings is 1. The molecule has 0 radical (unpaired) electrons. The smallest absolute Gasteiger partial charge is 0.337 e. The second kappa shape index (κ2) is 8.64. The summed E-state index contributed by atoms with van der Waals surface area (Å²) in [5, 5.41) is 9.11. The van der Waals surface area contributed by atoms with Crippen LogP contribution in [0, 0.1) is 0 Å². The molecule has 0 aliphatic carbocycles. The predicted molar refractivity (Wildman–Crippen MR) is 119 cm³/mol. The average molecular weight is 437 g/mol. The lowest BCUT2D eigenvalue weighted by molar-refractivity contribution is -0.122. The van der Waals surface area contributed by atoms with Gasteiger partial charge in [-0.1, -0.05) is 54.3 Å². The van der Waals surface area contributed by atoms with Gasteiger partial charge in [-0.05, 0) is 30.2 Å². The van der Waals surface area contributed by atoms with E-state index in [0.717, 1.165) is 12.0 Å². The van der Waals surface area contributed by atoms with Crippen LogP contribution in [0.4, 0.5) is 0 Å². The standard InChI is InChI=1S/C22H16N2O4S2/c25-20-19(30-22(29)24(20)9-8-14-4-2-1-3-5-14)11-17-6-7-18(28-17)15-10-16(21(26)27)13-23-12-15/h1-7,10-13H,8-9H2,(H,26,27)/b19-11-. The summed E-state index contributed by atoms with van der Waals surface area (Å²) in [5.41, 5.74) is 1.76. The molecule has 6 nitrogen and oxygen atoms in total. The lowest BCUT2D eigenvalue weighted by Crippen LogP contribution is -2.30. The lowest BCUT2D eigenvalue weighted by Gasteiger charge is -2.14. The number of amides is 1. The zero-order valence-corrected chi connectivity index (χ0v) is 17.3. The molecule has 0 unspecified atom stereocenters. The molecule has 8 heteroatoms. The van der Waals surface area contributed by atoms with Gasteiger partial charge in [0, 0.05) is 30.6 Å². The molecule has 4 rings (SSSR count). The quantitative estimate of drug-likeness (QED) is 0.450. The van der Waals surface area contributed by atoms with Crippen molar-refractivity contribution in [2.75, 3.05) is 6.54 Å². The highest BCUT2D eigenvalue weighted by atomic mass is 32.2. The highest BCUT2D eigenvalue weighted by molar-refractivity contribution is 8.26. The molecule has 30 heavy (non-hydrogen) atoms. The number of carbonyl (C=O) groups excluding carboxylic acids is 1. The Balaban J connectivity index is 1.49. The highest BCUT2D eigenvalue weighted by Crippen LogP contribution is 2.33. The number of carboxylic acids is 1. The zero-order valence-electron chi connectivity index (χ0n) is 15.6. The predicted octanol–water partition coefficient (Wildman–Crippen LogP) is 4.48. The maximum atomic E-state index is 12.8. The van der Waals surface area contributed by atoms with Crippen LogP contribution in [-0.4, -0.2) is 37.7 Å². The van der Waals surface area contributed by atoms with Crippen molar-refractivity contribution in [2.24, 2.45) is 0 Å². The molecule has 0 saturated carbocycles. The van der Waals surface area contributed by atoms with Crippen LogP contribution in [0.15, 0.2) is 70.2 Å². The van der Waals surface area contributed by atoms with E-state index in [1.165, 1.54) is 30.2 Å². The molecule has 1 aliphatic heterocycles. The van der Waals surface area contributed by atoms with Crippen LogP contribution in [0.1, 0.15) is 21.7 Å². The van der Waals surface area contributed by atoms with Crippen molar-refractivity contribution in [1.82, 2.24) is 9.88 Å². The number of hydrogen-bond acceptors (Lipinski definition) is 6. The number of thiocarbonyl (C=S) groups is 1. The first-order chi connectivity index (χ1) is 14.5. The molecule has 3 heterocycles. The summed E-state index contributed by atoms with van der Waals surface area (Å²) >= 11 is 6.62. The fraction of sp³-hybridized carbons (Fsp3) is 0.0909. The van der Waals surface area contributed by atoms with E-state index in [1.54, 1.807) is 23.1 Å². The van der Waals surface area contributed by atoms with Gasteiger partial charge in [0.1, 0.15) is 15.8 Å². The Morgan fingerprint density at radius 3 is 2.77 bits per heavy atom. The molecular formula is C22H16N2O4S2. The minimum atomic E-state index is -1.06. The second-order valence-electron chi connectivity index (χ2n) is 6.54. The molecule has 3 aromatic rings. The Kier molecular flexibility index (Phi) is 5.78. The van der Waals surface area contributed by atoms with Gasteiger partial charge in [-0.3, -0.25) is 14.7 Å². The van der Waals surface area contributed by atoms with Crippen molar-refractivity contribution in [1.29, 1.82) is 0 Å². The molecule has 0 bridgehead atoms. The van der Waals surface area contributed by atoms with Crippen LogP contribution in [-0.2, 0) is 11.2 Å². The number of aromatic carboxylic acids is 1. The fourth-order valence-electron chi connectivity index (χ4n) is 2.98. The van der Waals surface area contributed by atoms with Crippen LogP contribution in [0.5, 0.6) is 0 Å². The first-order valence-corrected chi connectivity index (χ1v) is 10.3. The largest absolute Gasteiger partial charge is 0.478 e. The lowest BCUT2D eigenvalue weighted by atomic mass is 10.1. The zero-order chi connectivity index (χ0) is 21.1. The van der Waals surface area contributed by atoms with E-state index in [1.807, 2.05) is 30.3 Å². The summed E-state index contributed by atoms with van der Waals surface area (Å²) in [7, 11) is 0. The number of pyridine rings is 1. The monoisotopic (exact) mass is 436 g/mol. The van der Waals surface area contributed by atoms with Crippen LogP contribution < -0.4 is 0 Å². The van der Waals surface area contributed by atoms with E-state index in [-0.39, 0.29) is 11.5 Å².